The lowest BCUT2D eigenvalue weighted by Crippen LogP contribution is -2.03. The Hall–Kier alpha value is -3.13. The molecule has 0 aromatic heterocycles. The van der Waals surface area contributed by atoms with Gasteiger partial charge in [-0.2, -0.15) is 0 Å². The van der Waals surface area contributed by atoms with Crippen LogP contribution in [0.5, 0.6) is 5.75 Å². The van der Waals surface area contributed by atoms with Crippen molar-refractivity contribution in [2.45, 2.75) is 0 Å². The van der Waals surface area contributed by atoms with E-state index in [4.69, 9.17) is 4.74 Å². The zero-order chi connectivity index (χ0) is 15.8. The van der Waals surface area contributed by atoms with Crippen LogP contribution >= 0.6 is 0 Å². The number of benzene rings is 4. The molecule has 110 valence electrons. The SMILES string of the molecule is C=CC(=O)Oc1cccc2ccc3cc4ccccc4cc3c12. The summed E-state index contributed by atoms with van der Waals surface area (Å²) in [6.07, 6.45) is 1.18. The first-order valence-electron chi connectivity index (χ1n) is 7.45. The maximum Gasteiger partial charge on any atom is 0.335 e. The average Bonchev–Trinajstić information content (AvgIpc) is 2.59. The first kappa shape index (κ1) is 13.5. The van der Waals surface area contributed by atoms with E-state index in [0.717, 1.165) is 26.9 Å². The monoisotopic (exact) mass is 298 g/mol. The Balaban J connectivity index is 2.11. The first-order valence-corrected chi connectivity index (χ1v) is 7.45. The van der Waals surface area contributed by atoms with Crippen molar-refractivity contribution in [1.29, 1.82) is 0 Å². The van der Waals surface area contributed by atoms with Gasteiger partial charge in [0.2, 0.25) is 0 Å². The van der Waals surface area contributed by atoms with Crippen molar-refractivity contribution in [3.63, 3.8) is 0 Å². The summed E-state index contributed by atoms with van der Waals surface area (Å²) in [6, 6.07) is 22.4. The Morgan fingerprint density at radius 3 is 2.30 bits per heavy atom. The third-order valence-electron chi connectivity index (χ3n) is 4.07. The lowest BCUT2D eigenvalue weighted by atomic mass is 9.98. The maximum atomic E-state index is 11.6. The molecule has 4 aromatic rings. The van der Waals surface area contributed by atoms with Gasteiger partial charge in [0.15, 0.2) is 0 Å². The molecule has 0 unspecified atom stereocenters. The van der Waals surface area contributed by atoms with Gasteiger partial charge in [-0.05, 0) is 45.1 Å². The minimum absolute atomic E-state index is 0.449. The number of carbonyl (C=O) groups is 1. The van der Waals surface area contributed by atoms with Crippen LogP contribution in [0, 0.1) is 0 Å². The number of rotatable bonds is 2. The van der Waals surface area contributed by atoms with E-state index in [1.807, 2.05) is 30.3 Å². The summed E-state index contributed by atoms with van der Waals surface area (Å²) in [7, 11) is 0. The van der Waals surface area contributed by atoms with E-state index in [9.17, 15) is 4.79 Å². The van der Waals surface area contributed by atoms with Gasteiger partial charge in [-0.15, -0.1) is 0 Å². The van der Waals surface area contributed by atoms with Crippen molar-refractivity contribution in [2.75, 3.05) is 0 Å². The van der Waals surface area contributed by atoms with E-state index in [1.54, 1.807) is 0 Å². The van der Waals surface area contributed by atoms with Crippen LogP contribution < -0.4 is 4.74 Å². The van der Waals surface area contributed by atoms with Gasteiger partial charge in [-0.3, -0.25) is 0 Å². The zero-order valence-corrected chi connectivity index (χ0v) is 12.5. The molecule has 4 aromatic carbocycles. The van der Waals surface area contributed by atoms with Gasteiger partial charge in [0.05, 0.1) is 0 Å². The highest BCUT2D eigenvalue weighted by Gasteiger charge is 2.10. The van der Waals surface area contributed by atoms with Gasteiger partial charge in [0.1, 0.15) is 5.75 Å². The van der Waals surface area contributed by atoms with Gasteiger partial charge in [-0.1, -0.05) is 55.1 Å². The molecule has 0 aliphatic heterocycles. The highest BCUT2D eigenvalue weighted by Crippen LogP contribution is 2.35. The minimum atomic E-state index is -0.449. The second kappa shape index (κ2) is 5.25. The standard InChI is InChI=1S/C21H14O2/c1-2-20(22)23-19-9-5-8-14-10-11-17-12-15-6-3-4-7-16(15)13-18(17)21(14)19/h2-13H,1H2. The van der Waals surface area contributed by atoms with E-state index in [0.29, 0.717) is 5.75 Å². The van der Waals surface area contributed by atoms with E-state index >= 15 is 0 Å². The van der Waals surface area contributed by atoms with E-state index in [2.05, 4.69) is 43.0 Å². The molecule has 0 N–H and O–H groups in total. The van der Waals surface area contributed by atoms with Crippen molar-refractivity contribution in [2.24, 2.45) is 0 Å². The molecular weight excluding hydrogens is 284 g/mol. The fourth-order valence-corrected chi connectivity index (χ4v) is 3.00. The number of carbonyl (C=O) groups excluding carboxylic acids is 1. The molecule has 0 saturated carbocycles. The van der Waals surface area contributed by atoms with Crippen LogP contribution in [0.15, 0.2) is 79.4 Å². The van der Waals surface area contributed by atoms with E-state index < -0.39 is 5.97 Å². The summed E-state index contributed by atoms with van der Waals surface area (Å²) in [5, 5.41) is 6.55. The van der Waals surface area contributed by atoms with E-state index in [-0.39, 0.29) is 0 Å². The van der Waals surface area contributed by atoms with Crippen LogP contribution in [0.4, 0.5) is 0 Å². The number of esters is 1. The Kier molecular flexibility index (Phi) is 3.09. The summed E-state index contributed by atoms with van der Waals surface area (Å²) in [5.74, 6) is 0.114. The molecule has 0 radical (unpaired) electrons. The second-order valence-corrected chi connectivity index (χ2v) is 5.47. The maximum absolute atomic E-state index is 11.6. The largest absolute Gasteiger partial charge is 0.423 e. The quantitative estimate of drug-likeness (QED) is 0.166. The third-order valence-corrected chi connectivity index (χ3v) is 4.07. The van der Waals surface area contributed by atoms with Gasteiger partial charge in [0.25, 0.3) is 0 Å². The summed E-state index contributed by atoms with van der Waals surface area (Å²) < 4.78 is 5.44. The van der Waals surface area contributed by atoms with Crippen LogP contribution in [0.1, 0.15) is 0 Å². The van der Waals surface area contributed by atoms with Crippen molar-refractivity contribution in [3.05, 3.63) is 79.4 Å². The topological polar surface area (TPSA) is 26.3 Å². The summed E-state index contributed by atoms with van der Waals surface area (Å²) in [4.78, 5) is 11.6. The van der Waals surface area contributed by atoms with Crippen molar-refractivity contribution in [1.82, 2.24) is 0 Å². The van der Waals surface area contributed by atoms with Gasteiger partial charge < -0.3 is 4.74 Å². The molecule has 4 rings (SSSR count). The third kappa shape index (κ3) is 2.25. The lowest BCUT2D eigenvalue weighted by molar-refractivity contribution is -0.128. The van der Waals surface area contributed by atoms with Gasteiger partial charge in [0, 0.05) is 11.5 Å². The van der Waals surface area contributed by atoms with Crippen LogP contribution in [-0.4, -0.2) is 5.97 Å². The molecular formula is C21H14O2. The van der Waals surface area contributed by atoms with Crippen molar-refractivity contribution < 1.29 is 9.53 Å². The highest BCUT2D eigenvalue weighted by atomic mass is 16.5. The molecule has 0 bridgehead atoms. The van der Waals surface area contributed by atoms with Crippen LogP contribution in [-0.2, 0) is 4.79 Å². The fourth-order valence-electron chi connectivity index (χ4n) is 3.00. The normalized spacial score (nSPS) is 11.0. The molecule has 0 heterocycles. The van der Waals surface area contributed by atoms with Gasteiger partial charge >= 0.3 is 5.97 Å². The Bertz CT molecular complexity index is 1080. The van der Waals surface area contributed by atoms with Crippen LogP contribution in [0.25, 0.3) is 32.3 Å². The highest BCUT2D eigenvalue weighted by molar-refractivity contribution is 6.14. The Labute approximate surface area is 133 Å². The zero-order valence-electron chi connectivity index (χ0n) is 12.5. The van der Waals surface area contributed by atoms with Gasteiger partial charge in [-0.25, -0.2) is 4.79 Å². The smallest absolute Gasteiger partial charge is 0.335 e. The van der Waals surface area contributed by atoms with Crippen molar-refractivity contribution >= 4 is 38.3 Å². The molecule has 0 fully saturated rings. The molecule has 0 amide bonds. The molecule has 0 aliphatic carbocycles. The Morgan fingerprint density at radius 2 is 1.52 bits per heavy atom. The predicted octanol–water partition coefficient (Wildman–Crippen LogP) is 5.24. The Morgan fingerprint density at radius 1 is 0.826 bits per heavy atom. The minimum Gasteiger partial charge on any atom is -0.423 e. The van der Waals surface area contributed by atoms with Crippen LogP contribution in [0.3, 0.4) is 0 Å². The second-order valence-electron chi connectivity index (χ2n) is 5.47. The molecule has 2 heteroatoms. The lowest BCUT2D eigenvalue weighted by Gasteiger charge is -2.10. The molecule has 0 saturated heterocycles. The fraction of sp³-hybridized carbons (Fsp3) is 0. The molecule has 0 aliphatic rings. The molecule has 0 atom stereocenters. The molecule has 0 spiro atoms. The van der Waals surface area contributed by atoms with Crippen molar-refractivity contribution in [3.8, 4) is 5.75 Å². The summed E-state index contributed by atoms with van der Waals surface area (Å²) in [6.45, 7) is 3.47. The number of hydrogen-bond donors (Lipinski definition) is 0. The summed E-state index contributed by atoms with van der Waals surface area (Å²) in [5.41, 5.74) is 0. The number of ether oxygens (including phenoxy) is 1. The first-order chi connectivity index (χ1) is 11.3. The van der Waals surface area contributed by atoms with E-state index in [1.165, 1.54) is 11.5 Å². The van der Waals surface area contributed by atoms with Crippen LogP contribution in [0.2, 0.25) is 0 Å². The number of fused-ring (bicyclic) bond motifs is 4. The average molecular weight is 298 g/mol. The number of hydrogen-bond acceptors (Lipinski definition) is 2. The predicted molar refractivity (Wildman–Crippen MR) is 94.8 cm³/mol. The molecule has 2 nitrogen and oxygen atoms in total. The molecule has 23 heavy (non-hydrogen) atoms. The summed E-state index contributed by atoms with van der Waals surface area (Å²) >= 11 is 0.